The summed E-state index contributed by atoms with van der Waals surface area (Å²) in [6.45, 7) is 6.15. The number of nitrogen functional groups attached to an aromatic ring is 1. The number of aromatic nitrogens is 3. The average Bonchev–Trinajstić information content (AvgIpc) is 2.28. The van der Waals surface area contributed by atoms with E-state index in [4.69, 9.17) is 5.73 Å². The molecular formula is C14H18N4. The van der Waals surface area contributed by atoms with Gasteiger partial charge in [0.25, 0.3) is 0 Å². The molecule has 0 bridgehead atoms. The molecule has 2 rings (SSSR count). The van der Waals surface area contributed by atoms with Gasteiger partial charge in [0.05, 0.1) is 0 Å². The molecule has 0 fully saturated rings. The summed E-state index contributed by atoms with van der Waals surface area (Å²) in [5, 5.41) is 0. The zero-order chi connectivity index (χ0) is 13.1. The maximum atomic E-state index is 5.83. The first-order chi connectivity index (χ1) is 8.60. The van der Waals surface area contributed by atoms with Gasteiger partial charge in [-0.2, -0.15) is 0 Å². The van der Waals surface area contributed by atoms with E-state index in [-0.39, 0.29) is 0 Å². The summed E-state index contributed by atoms with van der Waals surface area (Å²) in [5.74, 6) is 1.13. The highest BCUT2D eigenvalue weighted by Crippen LogP contribution is 2.19. The summed E-state index contributed by atoms with van der Waals surface area (Å²) in [7, 11) is 0. The van der Waals surface area contributed by atoms with Crippen molar-refractivity contribution in [1.82, 2.24) is 15.0 Å². The normalized spacial score (nSPS) is 10.6. The summed E-state index contributed by atoms with van der Waals surface area (Å²) in [6.07, 6.45) is 3.77. The molecular weight excluding hydrogens is 224 g/mol. The summed E-state index contributed by atoms with van der Waals surface area (Å²) < 4.78 is 0. The molecule has 0 aromatic carbocycles. The SMILES string of the molecule is CCCc1cc(N)nc(-c2ncc(C)cc2C)n1. The lowest BCUT2D eigenvalue weighted by Crippen LogP contribution is -2.02. The highest BCUT2D eigenvalue weighted by Gasteiger charge is 2.09. The molecule has 2 N–H and O–H groups in total. The van der Waals surface area contributed by atoms with Crippen LogP contribution in [-0.2, 0) is 6.42 Å². The Morgan fingerprint density at radius 1 is 1.17 bits per heavy atom. The van der Waals surface area contributed by atoms with Gasteiger partial charge in [0.2, 0.25) is 0 Å². The van der Waals surface area contributed by atoms with Crippen LogP contribution in [0.25, 0.3) is 11.5 Å². The van der Waals surface area contributed by atoms with Crippen molar-refractivity contribution in [2.24, 2.45) is 0 Å². The first-order valence-electron chi connectivity index (χ1n) is 6.17. The Labute approximate surface area is 107 Å². The standard InChI is InChI=1S/C14H18N4/c1-4-5-11-7-12(15)18-14(17-11)13-10(3)6-9(2)8-16-13/h6-8H,4-5H2,1-3H3,(H2,15,17,18). The molecule has 2 heterocycles. The van der Waals surface area contributed by atoms with Gasteiger partial charge < -0.3 is 5.73 Å². The van der Waals surface area contributed by atoms with E-state index in [2.05, 4.69) is 27.9 Å². The zero-order valence-corrected chi connectivity index (χ0v) is 11.1. The number of rotatable bonds is 3. The van der Waals surface area contributed by atoms with Crippen molar-refractivity contribution in [3.05, 3.63) is 35.2 Å². The van der Waals surface area contributed by atoms with Crippen molar-refractivity contribution in [2.45, 2.75) is 33.6 Å². The predicted octanol–water partition coefficient (Wildman–Crippen LogP) is 2.69. The maximum Gasteiger partial charge on any atom is 0.180 e. The fourth-order valence-corrected chi connectivity index (χ4v) is 1.96. The molecule has 2 aromatic rings. The van der Waals surface area contributed by atoms with Crippen molar-refractivity contribution in [2.75, 3.05) is 5.73 Å². The van der Waals surface area contributed by atoms with E-state index >= 15 is 0 Å². The third-order valence-corrected chi connectivity index (χ3v) is 2.73. The van der Waals surface area contributed by atoms with Crippen molar-refractivity contribution in [1.29, 1.82) is 0 Å². The van der Waals surface area contributed by atoms with Gasteiger partial charge in [-0.25, -0.2) is 9.97 Å². The van der Waals surface area contributed by atoms with Crippen LogP contribution < -0.4 is 5.73 Å². The smallest absolute Gasteiger partial charge is 0.180 e. The minimum atomic E-state index is 0.505. The largest absolute Gasteiger partial charge is 0.384 e. The van der Waals surface area contributed by atoms with Gasteiger partial charge in [-0.05, 0) is 31.4 Å². The molecule has 0 saturated heterocycles. The molecule has 0 aliphatic rings. The number of hydrogen-bond acceptors (Lipinski definition) is 4. The molecule has 0 radical (unpaired) electrons. The second kappa shape index (κ2) is 5.12. The number of anilines is 1. The average molecular weight is 242 g/mol. The number of aryl methyl sites for hydroxylation is 3. The molecule has 0 unspecified atom stereocenters. The van der Waals surface area contributed by atoms with E-state index < -0.39 is 0 Å². The second-order valence-corrected chi connectivity index (χ2v) is 4.54. The Morgan fingerprint density at radius 3 is 2.61 bits per heavy atom. The van der Waals surface area contributed by atoms with Gasteiger partial charge in [0.15, 0.2) is 5.82 Å². The van der Waals surface area contributed by atoms with Gasteiger partial charge in [0.1, 0.15) is 11.5 Å². The molecule has 18 heavy (non-hydrogen) atoms. The van der Waals surface area contributed by atoms with Crippen LogP contribution in [0, 0.1) is 13.8 Å². The van der Waals surface area contributed by atoms with Crippen LogP contribution in [0.5, 0.6) is 0 Å². The molecule has 0 spiro atoms. The van der Waals surface area contributed by atoms with Crippen molar-refractivity contribution in [3.8, 4) is 11.5 Å². The topological polar surface area (TPSA) is 64.7 Å². The van der Waals surface area contributed by atoms with Crippen LogP contribution in [0.1, 0.15) is 30.2 Å². The molecule has 2 aromatic heterocycles. The summed E-state index contributed by atoms with van der Waals surface area (Å²) in [6, 6.07) is 3.91. The third-order valence-electron chi connectivity index (χ3n) is 2.73. The molecule has 0 saturated carbocycles. The second-order valence-electron chi connectivity index (χ2n) is 4.54. The minimum Gasteiger partial charge on any atom is -0.384 e. The first-order valence-corrected chi connectivity index (χ1v) is 6.17. The number of hydrogen-bond donors (Lipinski definition) is 1. The number of pyridine rings is 1. The highest BCUT2D eigenvalue weighted by atomic mass is 15.0. The van der Waals surface area contributed by atoms with Crippen LogP contribution in [0.2, 0.25) is 0 Å². The number of nitrogens with zero attached hydrogens (tertiary/aromatic N) is 3. The third kappa shape index (κ3) is 2.64. The Hall–Kier alpha value is -1.97. The minimum absolute atomic E-state index is 0.505. The Bertz CT molecular complexity index is 564. The lowest BCUT2D eigenvalue weighted by molar-refractivity contribution is 0.875. The molecule has 0 atom stereocenters. The van der Waals surface area contributed by atoms with E-state index in [0.29, 0.717) is 11.6 Å². The van der Waals surface area contributed by atoms with Crippen LogP contribution in [-0.4, -0.2) is 15.0 Å². The summed E-state index contributed by atoms with van der Waals surface area (Å²) >= 11 is 0. The fourth-order valence-electron chi connectivity index (χ4n) is 1.96. The Kier molecular flexibility index (Phi) is 3.55. The van der Waals surface area contributed by atoms with Gasteiger partial charge >= 0.3 is 0 Å². The zero-order valence-electron chi connectivity index (χ0n) is 11.1. The van der Waals surface area contributed by atoms with Gasteiger partial charge in [-0.15, -0.1) is 0 Å². The summed E-state index contributed by atoms with van der Waals surface area (Å²) in [4.78, 5) is 13.2. The van der Waals surface area contributed by atoms with E-state index in [9.17, 15) is 0 Å². The lowest BCUT2D eigenvalue weighted by atomic mass is 10.1. The van der Waals surface area contributed by atoms with Crippen LogP contribution in [0.4, 0.5) is 5.82 Å². The molecule has 0 amide bonds. The quantitative estimate of drug-likeness (QED) is 0.898. The maximum absolute atomic E-state index is 5.83. The lowest BCUT2D eigenvalue weighted by Gasteiger charge is -2.07. The van der Waals surface area contributed by atoms with Crippen molar-refractivity contribution in [3.63, 3.8) is 0 Å². The van der Waals surface area contributed by atoms with Gasteiger partial charge in [0, 0.05) is 18.0 Å². The molecule has 0 aliphatic carbocycles. The van der Waals surface area contributed by atoms with Gasteiger partial charge in [-0.3, -0.25) is 4.98 Å². The van der Waals surface area contributed by atoms with E-state index in [1.54, 1.807) is 0 Å². The number of nitrogens with two attached hydrogens (primary N) is 1. The van der Waals surface area contributed by atoms with E-state index in [1.165, 1.54) is 0 Å². The summed E-state index contributed by atoms with van der Waals surface area (Å²) in [5.41, 5.74) is 9.82. The molecule has 4 heteroatoms. The van der Waals surface area contributed by atoms with E-state index in [0.717, 1.165) is 35.4 Å². The first kappa shape index (κ1) is 12.5. The van der Waals surface area contributed by atoms with Crippen LogP contribution in [0.15, 0.2) is 18.3 Å². The molecule has 94 valence electrons. The Balaban J connectivity index is 2.49. The Morgan fingerprint density at radius 2 is 1.94 bits per heavy atom. The fraction of sp³-hybridized carbons (Fsp3) is 0.357. The monoisotopic (exact) mass is 242 g/mol. The predicted molar refractivity (Wildman–Crippen MR) is 73.1 cm³/mol. The van der Waals surface area contributed by atoms with Gasteiger partial charge in [-0.1, -0.05) is 19.4 Å². The van der Waals surface area contributed by atoms with E-state index in [1.807, 2.05) is 26.1 Å². The molecule has 0 aliphatic heterocycles. The van der Waals surface area contributed by atoms with Crippen LogP contribution >= 0.6 is 0 Å². The molecule has 4 nitrogen and oxygen atoms in total. The van der Waals surface area contributed by atoms with Crippen molar-refractivity contribution < 1.29 is 0 Å². The van der Waals surface area contributed by atoms with Crippen LogP contribution in [0.3, 0.4) is 0 Å². The van der Waals surface area contributed by atoms with Crippen molar-refractivity contribution >= 4 is 5.82 Å². The highest BCUT2D eigenvalue weighted by molar-refractivity contribution is 5.56.